The lowest BCUT2D eigenvalue weighted by Crippen LogP contribution is -2.39. The van der Waals surface area contributed by atoms with E-state index >= 15 is 0 Å². The zero-order chi connectivity index (χ0) is 12.6. The molecular formula is C12H19N5S. The maximum absolute atomic E-state index is 4.79. The van der Waals surface area contributed by atoms with Gasteiger partial charge in [0.2, 0.25) is 4.96 Å². The van der Waals surface area contributed by atoms with Crippen molar-refractivity contribution in [2.45, 2.75) is 44.9 Å². The minimum absolute atomic E-state index is 0.252. The molecule has 1 aliphatic rings. The number of hydrogen-bond acceptors (Lipinski definition) is 5. The van der Waals surface area contributed by atoms with Gasteiger partial charge < -0.3 is 5.32 Å². The van der Waals surface area contributed by atoms with Crippen LogP contribution in [-0.2, 0) is 11.8 Å². The van der Waals surface area contributed by atoms with Crippen molar-refractivity contribution in [3.05, 3.63) is 10.8 Å². The number of nitrogens with one attached hydrogen (secondary N) is 1. The van der Waals surface area contributed by atoms with Gasteiger partial charge in [0.1, 0.15) is 5.01 Å². The van der Waals surface area contributed by atoms with E-state index in [9.17, 15) is 0 Å². The van der Waals surface area contributed by atoms with Crippen molar-refractivity contribution in [2.24, 2.45) is 0 Å². The Morgan fingerprint density at radius 2 is 2.06 bits per heavy atom. The third kappa shape index (κ3) is 1.75. The predicted molar refractivity (Wildman–Crippen MR) is 72.1 cm³/mol. The molecule has 0 amide bonds. The molecule has 1 fully saturated rings. The standard InChI is InChI=1S/C12H19N5S/c1-3-9-14-15-11-17(9)16-10(18-11)12(4-2)5-7-13-8-6-12/h13H,3-8H2,1-2H3. The molecule has 3 heterocycles. The Balaban J connectivity index is 2.04. The van der Waals surface area contributed by atoms with E-state index in [1.807, 2.05) is 4.52 Å². The van der Waals surface area contributed by atoms with Crippen LogP contribution in [0.3, 0.4) is 0 Å². The molecule has 0 saturated carbocycles. The molecule has 1 saturated heterocycles. The van der Waals surface area contributed by atoms with Gasteiger partial charge in [0.15, 0.2) is 5.82 Å². The Morgan fingerprint density at radius 3 is 2.72 bits per heavy atom. The van der Waals surface area contributed by atoms with Crippen LogP contribution in [0, 0.1) is 0 Å². The smallest absolute Gasteiger partial charge is 0.234 e. The fourth-order valence-corrected chi connectivity index (χ4v) is 3.89. The van der Waals surface area contributed by atoms with E-state index in [1.165, 1.54) is 17.8 Å². The number of rotatable bonds is 3. The molecule has 0 spiro atoms. The number of aryl methyl sites for hydroxylation is 1. The average Bonchev–Trinajstić information content (AvgIpc) is 2.99. The van der Waals surface area contributed by atoms with Gasteiger partial charge >= 0.3 is 0 Å². The quantitative estimate of drug-likeness (QED) is 0.919. The Hall–Kier alpha value is -1.01. The SMILES string of the molecule is CCc1nnc2sc(C3(CC)CCNCC3)nn12. The number of hydrogen-bond donors (Lipinski definition) is 1. The zero-order valence-corrected chi connectivity index (χ0v) is 11.8. The van der Waals surface area contributed by atoms with E-state index in [1.54, 1.807) is 11.3 Å². The second kappa shape index (κ2) is 4.59. The van der Waals surface area contributed by atoms with E-state index in [4.69, 9.17) is 5.10 Å². The van der Waals surface area contributed by atoms with Crippen molar-refractivity contribution >= 4 is 16.3 Å². The van der Waals surface area contributed by atoms with Crippen LogP contribution in [0.4, 0.5) is 0 Å². The molecule has 0 atom stereocenters. The van der Waals surface area contributed by atoms with Crippen molar-refractivity contribution in [3.63, 3.8) is 0 Å². The van der Waals surface area contributed by atoms with Crippen LogP contribution in [-0.4, -0.2) is 32.9 Å². The van der Waals surface area contributed by atoms with Crippen LogP contribution in [0.2, 0.25) is 0 Å². The topological polar surface area (TPSA) is 55.1 Å². The van der Waals surface area contributed by atoms with Gasteiger partial charge in [-0.2, -0.15) is 9.61 Å². The average molecular weight is 265 g/mol. The minimum Gasteiger partial charge on any atom is -0.317 e. The molecule has 1 aliphatic heterocycles. The summed E-state index contributed by atoms with van der Waals surface area (Å²) >= 11 is 1.71. The number of aromatic nitrogens is 4. The predicted octanol–water partition coefficient (Wildman–Crippen LogP) is 1.78. The lowest BCUT2D eigenvalue weighted by Gasteiger charge is -2.34. The summed E-state index contributed by atoms with van der Waals surface area (Å²) < 4.78 is 1.93. The maximum atomic E-state index is 4.79. The minimum atomic E-state index is 0.252. The first-order chi connectivity index (χ1) is 8.79. The summed E-state index contributed by atoms with van der Waals surface area (Å²) in [7, 11) is 0. The first kappa shape index (κ1) is 12.0. The molecule has 0 bridgehead atoms. The van der Waals surface area contributed by atoms with Crippen LogP contribution < -0.4 is 5.32 Å². The number of fused-ring (bicyclic) bond motifs is 1. The number of piperidine rings is 1. The zero-order valence-electron chi connectivity index (χ0n) is 10.9. The second-order valence-electron chi connectivity index (χ2n) is 4.96. The van der Waals surface area contributed by atoms with Crippen LogP contribution in [0.15, 0.2) is 0 Å². The first-order valence-corrected chi connectivity index (χ1v) is 7.53. The highest BCUT2D eigenvalue weighted by Gasteiger charge is 2.35. The van der Waals surface area contributed by atoms with Gasteiger partial charge in [-0.05, 0) is 32.4 Å². The first-order valence-electron chi connectivity index (χ1n) is 6.71. The van der Waals surface area contributed by atoms with Gasteiger partial charge in [0.25, 0.3) is 0 Å². The summed E-state index contributed by atoms with van der Waals surface area (Å²) in [6.07, 6.45) is 4.38. The van der Waals surface area contributed by atoms with Gasteiger partial charge in [0.05, 0.1) is 0 Å². The van der Waals surface area contributed by atoms with E-state index in [-0.39, 0.29) is 5.41 Å². The summed E-state index contributed by atoms with van der Waals surface area (Å²) in [5, 5.41) is 17.9. The van der Waals surface area contributed by atoms with E-state index in [0.29, 0.717) is 0 Å². The van der Waals surface area contributed by atoms with Gasteiger partial charge in [0, 0.05) is 11.8 Å². The van der Waals surface area contributed by atoms with Crippen LogP contribution in [0.25, 0.3) is 4.96 Å². The maximum Gasteiger partial charge on any atom is 0.234 e. The molecule has 2 aromatic rings. The van der Waals surface area contributed by atoms with Crippen LogP contribution in [0.5, 0.6) is 0 Å². The fraction of sp³-hybridized carbons (Fsp3) is 0.750. The highest BCUT2D eigenvalue weighted by molar-refractivity contribution is 7.16. The normalized spacial score (nSPS) is 19.4. The summed E-state index contributed by atoms with van der Waals surface area (Å²) in [5.41, 5.74) is 0.252. The van der Waals surface area contributed by atoms with Crippen LogP contribution in [0.1, 0.15) is 43.9 Å². The molecule has 2 aromatic heterocycles. The highest BCUT2D eigenvalue weighted by Crippen LogP contribution is 2.38. The summed E-state index contributed by atoms with van der Waals surface area (Å²) in [6, 6.07) is 0. The van der Waals surface area contributed by atoms with Crippen molar-refractivity contribution in [3.8, 4) is 0 Å². The monoisotopic (exact) mass is 265 g/mol. The third-order valence-electron chi connectivity index (χ3n) is 4.06. The highest BCUT2D eigenvalue weighted by atomic mass is 32.1. The summed E-state index contributed by atoms with van der Waals surface area (Å²) in [4.78, 5) is 0.938. The third-order valence-corrected chi connectivity index (χ3v) is 5.21. The molecule has 3 rings (SSSR count). The Kier molecular flexibility index (Phi) is 3.07. The molecule has 18 heavy (non-hydrogen) atoms. The molecule has 0 radical (unpaired) electrons. The van der Waals surface area contributed by atoms with Gasteiger partial charge in [-0.25, -0.2) is 0 Å². The van der Waals surface area contributed by atoms with Crippen molar-refractivity contribution in [1.82, 2.24) is 25.1 Å². The van der Waals surface area contributed by atoms with E-state index < -0.39 is 0 Å². The molecule has 0 unspecified atom stereocenters. The Morgan fingerprint density at radius 1 is 1.28 bits per heavy atom. The number of nitrogens with zero attached hydrogens (tertiary/aromatic N) is 4. The van der Waals surface area contributed by atoms with Gasteiger partial charge in [-0.15, -0.1) is 10.2 Å². The summed E-state index contributed by atoms with van der Waals surface area (Å²) in [6.45, 7) is 6.55. The molecule has 0 aliphatic carbocycles. The second-order valence-corrected chi connectivity index (χ2v) is 5.91. The molecule has 0 aromatic carbocycles. The fourth-order valence-electron chi connectivity index (χ4n) is 2.72. The largest absolute Gasteiger partial charge is 0.317 e. The van der Waals surface area contributed by atoms with Crippen molar-refractivity contribution in [1.29, 1.82) is 0 Å². The molecule has 1 N–H and O–H groups in total. The Bertz CT molecular complexity index is 538. The molecule has 98 valence electrons. The lowest BCUT2D eigenvalue weighted by atomic mass is 9.77. The van der Waals surface area contributed by atoms with Crippen LogP contribution >= 0.6 is 11.3 Å². The van der Waals surface area contributed by atoms with E-state index in [2.05, 4.69) is 29.4 Å². The Labute approximate surface area is 111 Å². The van der Waals surface area contributed by atoms with Gasteiger partial charge in [-0.3, -0.25) is 0 Å². The van der Waals surface area contributed by atoms with E-state index in [0.717, 1.165) is 36.7 Å². The van der Waals surface area contributed by atoms with Gasteiger partial charge in [-0.1, -0.05) is 25.2 Å². The lowest BCUT2D eigenvalue weighted by molar-refractivity contribution is 0.294. The summed E-state index contributed by atoms with van der Waals surface area (Å²) in [5.74, 6) is 0.965. The molecule has 6 heteroatoms. The molecule has 5 nitrogen and oxygen atoms in total. The molecular weight excluding hydrogens is 246 g/mol. The van der Waals surface area contributed by atoms with Crippen molar-refractivity contribution < 1.29 is 0 Å². The van der Waals surface area contributed by atoms with Crippen molar-refractivity contribution in [2.75, 3.05) is 13.1 Å².